The van der Waals surface area contributed by atoms with E-state index in [1.807, 2.05) is 6.08 Å². The van der Waals surface area contributed by atoms with Crippen molar-refractivity contribution in [3.8, 4) is 0 Å². The Morgan fingerprint density at radius 1 is 1.10 bits per heavy atom. The first kappa shape index (κ1) is 16.7. The summed E-state index contributed by atoms with van der Waals surface area (Å²) in [7, 11) is 0. The van der Waals surface area contributed by atoms with Gasteiger partial charge in [-0.2, -0.15) is 0 Å². The minimum Gasteiger partial charge on any atom is -0.393 e. The molecule has 4 aliphatic rings. The quantitative estimate of drug-likeness (QED) is 0.552. The number of carbonyl (C=O) groups is 1. The maximum Gasteiger partial charge on any atom is 0.155 e. The second kappa shape index (κ2) is 6.03. The molecule has 0 aliphatic heterocycles. The second-order valence-electron chi connectivity index (χ2n) is 7.94. The number of hydrogen-bond donors (Lipinski definition) is 1. The van der Waals surface area contributed by atoms with E-state index in [1.165, 1.54) is 31.3 Å². The molecule has 21 heavy (non-hydrogen) atoms. The van der Waals surface area contributed by atoms with Crippen LogP contribution in [0.5, 0.6) is 0 Å². The molecule has 0 heterocycles. The van der Waals surface area contributed by atoms with Gasteiger partial charge in [0.25, 0.3) is 0 Å². The predicted octanol–water partition coefficient (Wildman–Crippen LogP) is 3.49. The Bertz CT molecular complexity index is 472. The molecule has 4 rings (SSSR count). The summed E-state index contributed by atoms with van der Waals surface area (Å²) in [5.41, 5.74) is 1.65. The van der Waals surface area contributed by atoms with Gasteiger partial charge in [-0.3, -0.25) is 4.79 Å². The molecule has 113 valence electrons. The van der Waals surface area contributed by atoms with Crippen molar-refractivity contribution < 1.29 is 54.0 Å². The molecule has 2 nitrogen and oxygen atoms in total. The fourth-order valence-corrected chi connectivity index (χ4v) is 6.15. The molecule has 3 heteroatoms. The second-order valence-corrected chi connectivity index (χ2v) is 7.94. The van der Waals surface area contributed by atoms with Crippen molar-refractivity contribution in [2.75, 3.05) is 0 Å². The van der Waals surface area contributed by atoms with Crippen LogP contribution in [0.25, 0.3) is 0 Å². The minimum absolute atomic E-state index is 0. The van der Waals surface area contributed by atoms with Crippen molar-refractivity contribution >= 4 is 5.78 Å². The molecule has 3 saturated carbocycles. The smallest absolute Gasteiger partial charge is 0.155 e. The van der Waals surface area contributed by atoms with Crippen molar-refractivity contribution in [2.45, 2.75) is 64.4 Å². The van der Waals surface area contributed by atoms with E-state index >= 15 is 0 Å². The van der Waals surface area contributed by atoms with Gasteiger partial charge in [-0.25, -0.2) is 0 Å². The van der Waals surface area contributed by atoms with Gasteiger partial charge < -0.3 is 5.11 Å². The first-order chi connectivity index (χ1) is 9.59. The van der Waals surface area contributed by atoms with Gasteiger partial charge >= 0.3 is 0 Å². The summed E-state index contributed by atoms with van der Waals surface area (Å²) in [6.45, 7) is 2.33. The van der Waals surface area contributed by atoms with Crippen molar-refractivity contribution in [1.82, 2.24) is 0 Å². The molecule has 1 N–H and O–H groups in total. The standard InChI is InChI=1S/C18H26O2.Ac/c1-18-9-8-14-13-5-3-12(19)10-11(13)2-4-15(14)16(18)6-7-17(18)20;/h10,13-17,20H,2-9H2,1H3;. The van der Waals surface area contributed by atoms with Gasteiger partial charge in [-0.1, -0.05) is 12.5 Å². The molecule has 0 aromatic rings. The number of rotatable bonds is 0. The van der Waals surface area contributed by atoms with Crippen LogP contribution in [0.4, 0.5) is 0 Å². The summed E-state index contributed by atoms with van der Waals surface area (Å²) in [6.07, 6.45) is 10.9. The monoisotopic (exact) mass is 501 g/mol. The minimum atomic E-state index is -0.0710. The van der Waals surface area contributed by atoms with E-state index in [0.717, 1.165) is 43.4 Å². The number of fused-ring (bicyclic) bond motifs is 5. The molecule has 0 spiro atoms. The molecule has 0 aromatic heterocycles. The molecule has 6 unspecified atom stereocenters. The summed E-state index contributed by atoms with van der Waals surface area (Å²) in [5.74, 6) is 3.38. The van der Waals surface area contributed by atoms with Crippen molar-refractivity contribution in [3.63, 3.8) is 0 Å². The van der Waals surface area contributed by atoms with Gasteiger partial charge in [0, 0.05) is 50.5 Å². The third-order valence-electron chi connectivity index (χ3n) is 7.25. The number of aliphatic hydroxyl groups excluding tert-OH is 1. The van der Waals surface area contributed by atoms with Crippen LogP contribution >= 0.6 is 0 Å². The van der Waals surface area contributed by atoms with Crippen molar-refractivity contribution in [1.29, 1.82) is 0 Å². The summed E-state index contributed by atoms with van der Waals surface area (Å²) < 4.78 is 0. The van der Waals surface area contributed by atoms with Crippen LogP contribution in [0.2, 0.25) is 0 Å². The zero-order chi connectivity index (χ0) is 13.9. The Hall–Kier alpha value is 0.812. The van der Waals surface area contributed by atoms with Crippen LogP contribution in [0, 0.1) is 73.1 Å². The third kappa shape index (κ3) is 2.54. The Morgan fingerprint density at radius 2 is 1.90 bits per heavy atom. The van der Waals surface area contributed by atoms with Gasteiger partial charge in [0.05, 0.1) is 6.10 Å². The predicted molar refractivity (Wildman–Crippen MR) is 78.1 cm³/mol. The van der Waals surface area contributed by atoms with Gasteiger partial charge in [0.1, 0.15) is 0 Å². The van der Waals surface area contributed by atoms with Gasteiger partial charge in [0.2, 0.25) is 0 Å². The average molecular weight is 501 g/mol. The molecular weight excluding hydrogens is 475 g/mol. The zero-order valence-electron chi connectivity index (χ0n) is 13.1. The largest absolute Gasteiger partial charge is 0.393 e. The van der Waals surface area contributed by atoms with E-state index in [0.29, 0.717) is 11.7 Å². The van der Waals surface area contributed by atoms with E-state index in [2.05, 4.69) is 6.92 Å². The van der Waals surface area contributed by atoms with E-state index in [1.54, 1.807) is 0 Å². The van der Waals surface area contributed by atoms with Gasteiger partial charge in [0.15, 0.2) is 5.78 Å². The normalized spacial score (nSPS) is 48.6. The average Bonchev–Trinajstić information content (AvgIpc) is 2.74. The molecule has 3 fully saturated rings. The Morgan fingerprint density at radius 3 is 2.71 bits per heavy atom. The van der Waals surface area contributed by atoms with Crippen LogP contribution in [-0.2, 0) is 4.79 Å². The van der Waals surface area contributed by atoms with Gasteiger partial charge in [-0.05, 0) is 80.1 Å². The number of ketones is 1. The molecule has 1 radical (unpaired) electrons. The van der Waals surface area contributed by atoms with Crippen LogP contribution in [0.3, 0.4) is 0 Å². The van der Waals surface area contributed by atoms with Gasteiger partial charge in [-0.15, -0.1) is 0 Å². The molecular formula is C18H26AcO2. The maximum atomic E-state index is 11.6. The van der Waals surface area contributed by atoms with Crippen LogP contribution < -0.4 is 0 Å². The van der Waals surface area contributed by atoms with E-state index < -0.39 is 0 Å². The summed E-state index contributed by atoms with van der Waals surface area (Å²) in [5, 5.41) is 10.4. The van der Waals surface area contributed by atoms with Crippen molar-refractivity contribution in [2.24, 2.45) is 29.1 Å². The topological polar surface area (TPSA) is 37.3 Å². The number of carbonyl (C=O) groups excluding carboxylic acids is 1. The summed E-state index contributed by atoms with van der Waals surface area (Å²) in [4.78, 5) is 11.6. The molecule has 4 aliphatic carbocycles. The summed E-state index contributed by atoms with van der Waals surface area (Å²) >= 11 is 0. The summed E-state index contributed by atoms with van der Waals surface area (Å²) in [6, 6.07) is 0. The van der Waals surface area contributed by atoms with Crippen LogP contribution in [0.15, 0.2) is 11.6 Å². The third-order valence-corrected chi connectivity index (χ3v) is 7.25. The van der Waals surface area contributed by atoms with Crippen LogP contribution in [-0.4, -0.2) is 17.0 Å². The fraction of sp³-hybridized carbons (Fsp3) is 0.833. The molecule has 0 bridgehead atoms. The molecule has 0 aromatic carbocycles. The maximum absolute atomic E-state index is 11.6. The Kier molecular flexibility index (Phi) is 4.78. The first-order valence-electron chi connectivity index (χ1n) is 8.51. The first-order valence-corrected chi connectivity index (χ1v) is 8.51. The van der Waals surface area contributed by atoms with E-state index in [-0.39, 0.29) is 55.6 Å². The van der Waals surface area contributed by atoms with E-state index in [9.17, 15) is 9.90 Å². The van der Waals surface area contributed by atoms with Crippen molar-refractivity contribution in [3.05, 3.63) is 11.6 Å². The Balaban J connectivity index is 0.00000132. The molecule has 6 atom stereocenters. The Labute approximate surface area is 163 Å². The molecule has 0 saturated heterocycles. The fourth-order valence-electron chi connectivity index (χ4n) is 6.15. The SMILES string of the molecule is CC12CCC3C4CCC(=O)C=C4CCC3C1CCC2O.[Ac]. The van der Waals surface area contributed by atoms with E-state index in [4.69, 9.17) is 0 Å². The number of hydrogen-bond acceptors (Lipinski definition) is 2. The van der Waals surface area contributed by atoms with Crippen LogP contribution in [0.1, 0.15) is 58.3 Å². The zero-order valence-corrected chi connectivity index (χ0v) is 17.8. The molecule has 0 amide bonds. The number of aliphatic hydroxyl groups is 1. The number of allylic oxidation sites excluding steroid dienone is 1.